The molecular weight excluding hydrogens is 625 g/mol. The number of nitrogens with zero attached hydrogens (tertiary/aromatic N) is 4. The van der Waals surface area contributed by atoms with Gasteiger partial charge in [-0.2, -0.15) is 5.10 Å². The molecule has 2 amide bonds. The number of amides is 2. The molecule has 1 aromatic carbocycles. The largest absolute Gasteiger partial charge is 0.342 e. The molecule has 1 aromatic heterocycles. The van der Waals surface area contributed by atoms with E-state index in [4.69, 9.17) is 5.10 Å². The molecule has 6 rings (SSSR count). The van der Waals surface area contributed by atoms with E-state index in [9.17, 15) is 18.0 Å². The van der Waals surface area contributed by atoms with Gasteiger partial charge >= 0.3 is 0 Å². The quantitative estimate of drug-likeness (QED) is 0.323. The summed E-state index contributed by atoms with van der Waals surface area (Å²) in [4.78, 5) is 32.5. The summed E-state index contributed by atoms with van der Waals surface area (Å²) in [7, 11) is -3.57. The topological polar surface area (TPSA) is 117 Å². The Labute approximate surface area is 287 Å². The number of carbonyl (C=O) groups excluding carboxylic acids is 2. The van der Waals surface area contributed by atoms with Gasteiger partial charge in [-0.05, 0) is 82.6 Å². The van der Waals surface area contributed by atoms with Crippen LogP contribution in [0.4, 0.5) is 0 Å². The zero-order chi connectivity index (χ0) is 33.9. The van der Waals surface area contributed by atoms with E-state index in [2.05, 4.69) is 28.8 Å². The summed E-state index contributed by atoms with van der Waals surface area (Å²) in [5.74, 6) is 0.690. The number of piperidine rings is 1. The molecule has 4 aliphatic rings. The second-order valence-electron chi connectivity index (χ2n) is 14.9. The number of piperazine rings is 1. The fourth-order valence-electron chi connectivity index (χ4n) is 8.66. The summed E-state index contributed by atoms with van der Waals surface area (Å²) < 4.78 is 30.8. The van der Waals surface area contributed by atoms with Crippen LogP contribution in [0.25, 0.3) is 5.69 Å². The van der Waals surface area contributed by atoms with Gasteiger partial charge in [0.25, 0.3) is 0 Å². The van der Waals surface area contributed by atoms with Gasteiger partial charge in [-0.3, -0.25) is 14.5 Å². The van der Waals surface area contributed by atoms with Crippen molar-refractivity contribution in [3.05, 3.63) is 41.2 Å². The number of hydrogen-bond donors (Lipinski definition) is 2. The summed E-state index contributed by atoms with van der Waals surface area (Å²) in [6.07, 6.45) is 15.1. The lowest BCUT2D eigenvalue weighted by molar-refractivity contribution is -0.162. The third-order valence-corrected chi connectivity index (χ3v) is 13.2. The third kappa shape index (κ3) is 7.38. The number of nitrogens with one attached hydrogen (secondary N) is 2. The highest BCUT2D eigenvalue weighted by Crippen LogP contribution is 2.37. The molecule has 2 saturated heterocycles. The zero-order valence-corrected chi connectivity index (χ0v) is 30.1. The molecule has 11 heteroatoms. The fourth-order valence-corrected chi connectivity index (χ4v) is 9.97. The van der Waals surface area contributed by atoms with E-state index in [1.54, 1.807) is 12.1 Å². The number of aromatic nitrogens is 2. The van der Waals surface area contributed by atoms with E-state index in [0.717, 1.165) is 93.5 Å². The maximum absolute atomic E-state index is 13.9. The lowest BCUT2D eigenvalue weighted by atomic mass is 9.79. The molecule has 2 saturated carbocycles. The molecule has 3 heterocycles. The van der Waals surface area contributed by atoms with Gasteiger partial charge in [-0.25, -0.2) is 17.8 Å². The summed E-state index contributed by atoms with van der Waals surface area (Å²) in [6, 6.07) is 6.62. The van der Waals surface area contributed by atoms with Crippen LogP contribution >= 0.6 is 0 Å². The number of carbonyl (C=O) groups is 2. The maximum Gasteiger partial charge on any atom is 0.246 e. The summed E-state index contributed by atoms with van der Waals surface area (Å²) in [6.45, 7) is 9.01. The average Bonchev–Trinajstić information content (AvgIpc) is 3.37. The van der Waals surface area contributed by atoms with Gasteiger partial charge in [0.15, 0.2) is 0 Å². The predicted molar refractivity (Wildman–Crippen MR) is 187 cm³/mol. The molecule has 0 radical (unpaired) electrons. The normalized spacial score (nSPS) is 23.1. The van der Waals surface area contributed by atoms with Crippen LogP contribution in [-0.2, 0) is 26.2 Å². The number of sulfonamides is 1. The van der Waals surface area contributed by atoms with Gasteiger partial charge in [-0.15, -0.1) is 0 Å². The number of hydrogen-bond acceptors (Lipinski definition) is 6. The van der Waals surface area contributed by atoms with Crippen LogP contribution in [0.15, 0.2) is 29.2 Å². The van der Waals surface area contributed by atoms with E-state index < -0.39 is 15.6 Å². The Hall–Kier alpha value is -2.76. The molecule has 10 nitrogen and oxygen atoms in total. The summed E-state index contributed by atoms with van der Waals surface area (Å²) in [5, 5.41) is 8.06. The van der Waals surface area contributed by atoms with Crippen LogP contribution < -0.4 is 10.0 Å². The Balaban J connectivity index is 1.11. The Morgan fingerprint density at radius 1 is 0.938 bits per heavy atom. The Morgan fingerprint density at radius 2 is 1.58 bits per heavy atom. The molecule has 4 fully saturated rings. The lowest BCUT2D eigenvalue weighted by Crippen LogP contribution is -2.73. The predicted octanol–water partition coefficient (Wildman–Crippen LogP) is 5.53. The lowest BCUT2D eigenvalue weighted by Gasteiger charge is -2.52. The molecule has 1 spiro atoms. The standard InChI is InChI=1S/C37H56N6O4S/c1-4-5-22-42-35(44)34(25-29-12-8-6-9-13-29)38-36(45)37(42)20-23-41(24-21-37)26-33-27(2)39-43(28(33)3)31-16-18-32(19-17-31)48(46,47)40-30-14-10-7-11-15-30/h16-19,29-30,34,40H,4-15,20-26H2,1-3H3,(H,38,45). The molecule has 2 aliphatic heterocycles. The number of likely N-dealkylation sites (tertiary alicyclic amines) is 1. The van der Waals surface area contributed by atoms with Crippen LogP contribution in [0.1, 0.15) is 120 Å². The molecule has 2 aromatic rings. The van der Waals surface area contributed by atoms with Gasteiger partial charge in [-0.1, -0.05) is 64.7 Å². The highest BCUT2D eigenvalue weighted by Gasteiger charge is 2.53. The van der Waals surface area contributed by atoms with E-state index in [1.807, 2.05) is 28.6 Å². The highest BCUT2D eigenvalue weighted by molar-refractivity contribution is 7.89. The molecule has 1 unspecified atom stereocenters. The van der Waals surface area contributed by atoms with Crippen LogP contribution in [0.3, 0.4) is 0 Å². The molecular formula is C37H56N6O4S. The van der Waals surface area contributed by atoms with Crippen molar-refractivity contribution in [3.8, 4) is 5.69 Å². The van der Waals surface area contributed by atoms with Gasteiger partial charge in [0.05, 0.1) is 16.3 Å². The SMILES string of the molecule is CCCCN1C(=O)C(CC2CCCCC2)NC(=O)C12CCN(Cc1c(C)nn(-c3ccc(S(=O)(=O)NC4CCCCC4)cc3)c1C)CC2. The van der Waals surface area contributed by atoms with Crippen molar-refractivity contribution in [2.24, 2.45) is 5.92 Å². The molecule has 264 valence electrons. The van der Waals surface area contributed by atoms with Crippen molar-refractivity contribution in [1.82, 2.24) is 29.6 Å². The number of benzene rings is 1. The third-order valence-electron chi connectivity index (χ3n) is 11.7. The van der Waals surface area contributed by atoms with Crippen LogP contribution in [0.5, 0.6) is 0 Å². The first-order valence-corrected chi connectivity index (χ1v) is 20.1. The van der Waals surface area contributed by atoms with Crippen LogP contribution in [-0.4, -0.2) is 77.1 Å². The molecule has 2 N–H and O–H groups in total. The molecule has 0 bridgehead atoms. The molecule has 1 atom stereocenters. The minimum Gasteiger partial charge on any atom is -0.342 e. The van der Waals surface area contributed by atoms with Crippen LogP contribution in [0.2, 0.25) is 0 Å². The van der Waals surface area contributed by atoms with E-state index in [0.29, 0.717) is 31.8 Å². The zero-order valence-electron chi connectivity index (χ0n) is 29.3. The first-order valence-electron chi connectivity index (χ1n) is 18.6. The summed E-state index contributed by atoms with van der Waals surface area (Å²) in [5.41, 5.74) is 3.14. The van der Waals surface area contributed by atoms with E-state index in [1.165, 1.54) is 25.7 Å². The first-order chi connectivity index (χ1) is 23.1. The van der Waals surface area contributed by atoms with Gasteiger partial charge in [0, 0.05) is 43.5 Å². The number of aryl methyl sites for hydroxylation is 1. The minimum atomic E-state index is -3.57. The number of rotatable bonds is 11. The molecule has 2 aliphatic carbocycles. The van der Waals surface area contributed by atoms with Crippen molar-refractivity contribution in [2.45, 2.75) is 146 Å². The second kappa shape index (κ2) is 15.0. The van der Waals surface area contributed by atoms with Crippen molar-refractivity contribution in [2.75, 3.05) is 19.6 Å². The smallest absolute Gasteiger partial charge is 0.246 e. The second-order valence-corrected chi connectivity index (χ2v) is 16.6. The first kappa shape index (κ1) is 35.1. The minimum absolute atomic E-state index is 0.0159. The van der Waals surface area contributed by atoms with Gasteiger partial charge in [0.1, 0.15) is 11.6 Å². The van der Waals surface area contributed by atoms with Crippen molar-refractivity contribution in [3.63, 3.8) is 0 Å². The highest BCUT2D eigenvalue weighted by atomic mass is 32.2. The van der Waals surface area contributed by atoms with E-state index in [-0.39, 0.29) is 28.8 Å². The maximum atomic E-state index is 13.9. The molecule has 48 heavy (non-hydrogen) atoms. The van der Waals surface area contributed by atoms with Gasteiger partial charge in [0.2, 0.25) is 21.8 Å². The number of unbranched alkanes of at least 4 members (excludes halogenated alkanes) is 1. The average molecular weight is 681 g/mol. The van der Waals surface area contributed by atoms with Crippen molar-refractivity contribution >= 4 is 21.8 Å². The van der Waals surface area contributed by atoms with Crippen LogP contribution in [0, 0.1) is 19.8 Å². The van der Waals surface area contributed by atoms with Crippen molar-refractivity contribution in [1.29, 1.82) is 0 Å². The fraction of sp³-hybridized carbons (Fsp3) is 0.703. The van der Waals surface area contributed by atoms with Gasteiger partial charge < -0.3 is 10.2 Å². The Bertz CT molecular complexity index is 1530. The Morgan fingerprint density at radius 3 is 2.23 bits per heavy atom. The Kier molecular flexibility index (Phi) is 11.0. The monoisotopic (exact) mass is 680 g/mol. The van der Waals surface area contributed by atoms with Crippen molar-refractivity contribution < 1.29 is 18.0 Å². The van der Waals surface area contributed by atoms with E-state index >= 15 is 0 Å². The summed E-state index contributed by atoms with van der Waals surface area (Å²) >= 11 is 0.